The quantitative estimate of drug-likeness (QED) is 0.546. The van der Waals surface area contributed by atoms with Crippen LogP contribution >= 0.6 is 11.8 Å². The van der Waals surface area contributed by atoms with Gasteiger partial charge in [-0.2, -0.15) is 8.42 Å². The zero-order chi connectivity index (χ0) is 10.6. The number of rotatable bonds is 4. The summed E-state index contributed by atoms with van der Waals surface area (Å²) < 4.78 is 33.3. The number of aliphatic hydroxyl groups excluding tert-OH is 1. The molecular formula is C6H12O5S2. The Morgan fingerprint density at radius 1 is 1.54 bits per heavy atom. The van der Waals surface area contributed by atoms with Crippen molar-refractivity contribution >= 4 is 22.2 Å². The largest absolute Gasteiger partial charge is 0.446 e. The molecule has 1 atom stereocenters. The summed E-state index contributed by atoms with van der Waals surface area (Å²) in [6, 6.07) is 0. The molecule has 0 aliphatic rings. The van der Waals surface area contributed by atoms with Gasteiger partial charge in [0, 0.05) is 4.91 Å². The first kappa shape index (κ1) is 12.8. The van der Waals surface area contributed by atoms with E-state index in [1.54, 1.807) is 13.2 Å². The van der Waals surface area contributed by atoms with Crippen molar-refractivity contribution in [3.05, 3.63) is 10.7 Å². The van der Waals surface area contributed by atoms with E-state index >= 15 is 0 Å². The summed E-state index contributed by atoms with van der Waals surface area (Å²) in [5.74, 6) is -0.157. The Bertz CT molecular complexity index is 290. The summed E-state index contributed by atoms with van der Waals surface area (Å²) in [4.78, 5) is 0.493. The maximum absolute atomic E-state index is 10.3. The lowest BCUT2D eigenvalue weighted by molar-refractivity contribution is 0.171. The molecule has 7 heteroatoms. The monoisotopic (exact) mass is 228 g/mol. The Labute approximate surface area is 81.7 Å². The normalized spacial score (nSPS) is 16.4. The van der Waals surface area contributed by atoms with Crippen molar-refractivity contribution in [2.45, 2.75) is 20.0 Å². The fourth-order valence-corrected chi connectivity index (χ4v) is 1.59. The topological polar surface area (TPSA) is 83.8 Å². The van der Waals surface area contributed by atoms with Crippen LogP contribution in [-0.4, -0.2) is 30.4 Å². The molecule has 0 saturated heterocycles. The Balaban J connectivity index is 4.86. The molecule has 0 aromatic rings. The molecule has 0 fully saturated rings. The fourth-order valence-electron chi connectivity index (χ4n) is 0.637. The molecule has 2 N–H and O–H groups in total. The Morgan fingerprint density at radius 3 is 2.23 bits per heavy atom. The first-order chi connectivity index (χ1) is 5.78. The number of thioether (sulfide) groups is 1. The van der Waals surface area contributed by atoms with Crippen molar-refractivity contribution in [2.24, 2.45) is 0 Å². The Hall–Kier alpha value is -0.240. The van der Waals surface area contributed by atoms with E-state index in [-0.39, 0.29) is 5.76 Å². The van der Waals surface area contributed by atoms with E-state index in [9.17, 15) is 8.42 Å². The molecule has 0 saturated carbocycles. The van der Waals surface area contributed by atoms with Crippen molar-refractivity contribution in [2.75, 3.05) is 6.26 Å². The van der Waals surface area contributed by atoms with Crippen molar-refractivity contribution in [1.29, 1.82) is 0 Å². The number of allylic oxidation sites excluding steroid dienone is 1. The third-order valence-electron chi connectivity index (χ3n) is 1.23. The van der Waals surface area contributed by atoms with Crippen LogP contribution in [0.25, 0.3) is 0 Å². The van der Waals surface area contributed by atoms with Gasteiger partial charge in [0.2, 0.25) is 0 Å². The summed E-state index contributed by atoms with van der Waals surface area (Å²) >= 11 is 1.22. The minimum absolute atomic E-state index is 0.157. The van der Waals surface area contributed by atoms with Crippen LogP contribution in [0.1, 0.15) is 13.8 Å². The van der Waals surface area contributed by atoms with Gasteiger partial charge in [-0.25, -0.2) is 0 Å². The summed E-state index contributed by atoms with van der Waals surface area (Å²) in [6.45, 7) is 2.93. The zero-order valence-electron chi connectivity index (χ0n) is 7.51. The molecule has 1 unspecified atom stereocenters. The zero-order valence-corrected chi connectivity index (χ0v) is 9.15. The minimum atomic E-state index is -4.55. The molecule has 0 bridgehead atoms. The third-order valence-corrected chi connectivity index (χ3v) is 2.43. The highest BCUT2D eigenvalue weighted by Crippen LogP contribution is 2.21. The molecular weight excluding hydrogens is 216 g/mol. The first-order valence-electron chi connectivity index (χ1n) is 3.37. The van der Waals surface area contributed by atoms with Crippen LogP contribution in [0.4, 0.5) is 0 Å². The lowest BCUT2D eigenvalue weighted by atomic mass is 10.3. The van der Waals surface area contributed by atoms with Crippen LogP contribution in [0.15, 0.2) is 10.7 Å². The molecule has 0 aliphatic carbocycles. The summed E-state index contributed by atoms with van der Waals surface area (Å²) in [5, 5.41) is 9.11. The van der Waals surface area contributed by atoms with Crippen LogP contribution in [0.3, 0.4) is 0 Å². The minimum Gasteiger partial charge on any atom is -0.385 e. The van der Waals surface area contributed by atoms with Gasteiger partial charge in [0.25, 0.3) is 0 Å². The molecule has 0 rings (SSSR count). The van der Waals surface area contributed by atoms with Crippen molar-refractivity contribution < 1.29 is 22.3 Å². The standard InChI is InChI=1S/C6H12O5S2/c1-4(7)6(5(2)12-3)11-13(8,9)10/h4,7H,1-3H3,(H,8,9,10)/b6-5+. The van der Waals surface area contributed by atoms with Crippen molar-refractivity contribution in [3.63, 3.8) is 0 Å². The lowest BCUT2D eigenvalue weighted by Crippen LogP contribution is -2.14. The predicted molar refractivity (Wildman–Crippen MR) is 50.5 cm³/mol. The second-order valence-corrected chi connectivity index (χ2v) is 4.35. The molecule has 0 heterocycles. The van der Waals surface area contributed by atoms with Gasteiger partial charge in [-0.3, -0.25) is 4.55 Å². The molecule has 5 nitrogen and oxygen atoms in total. The van der Waals surface area contributed by atoms with E-state index in [2.05, 4.69) is 4.18 Å². The highest BCUT2D eigenvalue weighted by molar-refractivity contribution is 8.02. The van der Waals surface area contributed by atoms with E-state index < -0.39 is 16.5 Å². The molecule has 0 spiro atoms. The van der Waals surface area contributed by atoms with Crippen LogP contribution in [-0.2, 0) is 14.6 Å². The van der Waals surface area contributed by atoms with Gasteiger partial charge >= 0.3 is 10.4 Å². The van der Waals surface area contributed by atoms with E-state index in [4.69, 9.17) is 9.66 Å². The predicted octanol–water partition coefficient (Wildman–Crippen LogP) is 0.781. The highest BCUT2D eigenvalue weighted by atomic mass is 32.3. The van der Waals surface area contributed by atoms with E-state index in [1.165, 1.54) is 18.7 Å². The molecule has 0 aliphatic heterocycles. The average Bonchev–Trinajstić information content (AvgIpc) is 1.96. The highest BCUT2D eigenvalue weighted by Gasteiger charge is 2.17. The second-order valence-electron chi connectivity index (χ2n) is 2.31. The number of hydrogen-bond donors (Lipinski definition) is 2. The van der Waals surface area contributed by atoms with Gasteiger partial charge in [-0.05, 0) is 20.1 Å². The van der Waals surface area contributed by atoms with Crippen LogP contribution < -0.4 is 0 Å². The van der Waals surface area contributed by atoms with E-state index in [1.807, 2.05) is 0 Å². The average molecular weight is 228 g/mol. The van der Waals surface area contributed by atoms with Gasteiger partial charge in [-0.15, -0.1) is 11.8 Å². The first-order valence-corrected chi connectivity index (χ1v) is 5.96. The van der Waals surface area contributed by atoms with E-state index in [0.29, 0.717) is 4.91 Å². The smallest absolute Gasteiger partial charge is 0.385 e. The van der Waals surface area contributed by atoms with Crippen LogP contribution in [0.2, 0.25) is 0 Å². The summed E-state index contributed by atoms with van der Waals surface area (Å²) in [5.41, 5.74) is 0. The SMILES string of the molecule is CS/C(C)=C(/OS(=O)(=O)O)C(C)O. The van der Waals surface area contributed by atoms with Crippen molar-refractivity contribution in [1.82, 2.24) is 0 Å². The Kier molecular flexibility index (Phi) is 4.76. The van der Waals surface area contributed by atoms with Gasteiger partial charge in [0.1, 0.15) is 6.10 Å². The van der Waals surface area contributed by atoms with E-state index in [0.717, 1.165) is 0 Å². The number of hydrogen-bond acceptors (Lipinski definition) is 5. The summed E-state index contributed by atoms with van der Waals surface area (Å²) in [7, 11) is -4.55. The maximum atomic E-state index is 10.3. The van der Waals surface area contributed by atoms with Gasteiger partial charge < -0.3 is 9.29 Å². The molecule has 0 aromatic carbocycles. The van der Waals surface area contributed by atoms with Crippen molar-refractivity contribution in [3.8, 4) is 0 Å². The third kappa shape index (κ3) is 5.14. The molecule has 0 amide bonds. The lowest BCUT2D eigenvalue weighted by Gasteiger charge is -2.11. The van der Waals surface area contributed by atoms with Gasteiger partial charge in [-0.1, -0.05) is 0 Å². The molecule has 0 aromatic heterocycles. The summed E-state index contributed by atoms with van der Waals surface area (Å²) in [6.07, 6.45) is 0.625. The molecule has 78 valence electrons. The molecule has 13 heavy (non-hydrogen) atoms. The Morgan fingerprint density at radius 2 is 2.00 bits per heavy atom. The van der Waals surface area contributed by atoms with Crippen LogP contribution in [0, 0.1) is 0 Å². The molecule has 0 radical (unpaired) electrons. The van der Waals surface area contributed by atoms with Gasteiger partial charge in [0.05, 0.1) is 0 Å². The fraction of sp³-hybridized carbons (Fsp3) is 0.667. The number of aliphatic hydroxyl groups is 1. The maximum Gasteiger partial charge on any atom is 0.446 e. The second kappa shape index (κ2) is 4.85. The van der Waals surface area contributed by atoms with Gasteiger partial charge in [0.15, 0.2) is 5.76 Å². The van der Waals surface area contributed by atoms with Crippen LogP contribution in [0.5, 0.6) is 0 Å².